The van der Waals surface area contributed by atoms with Crippen molar-refractivity contribution in [3.05, 3.63) is 77.5 Å². The van der Waals surface area contributed by atoms with E-state index in [0.29, 0.717) is 24.1 Å². The molecule has 1 heterocycles. The van der Waals surface area contributed by atoms with Gasteiger partial charge in [-0.1, -0.05) is 43.7 Å². The molecule has 3 amide bonds. The van der Waals surface area contributed by atoms with Gasteiger partial charge in [0, 0.05) is 41.7 Å². The van der Waals surface area contributed by atoms with Crippen LogP contribution in [0.2, 0.25) is 0 Å². The maximum absolute atomic E-state index is 12.9. The molecule has 1 aromatic heterocycles. The lowest BCUT2D eigenvalue weighted by Crippen LogP contribution is -2.48. The third kappa shape index (κ3) is 6.54. The molecule has 172 valence electrons. The normalized spacial score (nSPS) is 11.9. The second-order valence-electron chi connectivity index (χ2n) is 7.67. The third-order valence-electron chi connectivity index (χ3n) is 5.26. The first-order valence-corrected chi connectivity index (χ1v) is 10.9. The average Bonchev–Trinajstić information content (AvgIpc) is 3.25. The highest BCUT2D eigenvalue weighted by molar-refractivity contribution is 5.98. The topological polar surface area (TPSA) is 123 Å². The van der Waals surface area contributed by atoms with E-state index in [1.54, 1.807) is 24.3 Å². The third-order valence-corrected chi connectivity index (χ3v) is 5.26. The Bertz CT molecular complexity index is 1130. The molecule has 8 nitrogen and oxygen atoms in total. The van der Waals surface area contributed by atoms with Crippen LogP contribution in [-0.4, -0.2) is 40.5 Å². The first kappa shape index (κ1) is 23.7. The van der Waals surface area contributed by atoms with Gasteiger partial charge in [0.15, 0.2) is 0 Å². The van der Waals surface area contributed by atoms with Gasteiger partial charge in [-0.15, -0.1) is 0 Å². The Balaban J connectivity index is 1.74. The molecule has 0 aliphatic heterocycles. The number of unbranched alkanes of at least 4 members (excludes halogenated alkanes) is 1. The summed E-state index contributed by atoms with van der Waals surface area (Å²) in [6.45, 7) is 2.60. The summed E-state index contributed by atoms with van der Waals surface area (Å²) in [6.07, 6.45) is 6.72. The SMILES string of the molecule is CCCCNC(=O)C(Cc1c[nH]c2ccccc12)NC(=O)c1ccc(/C=C/C(=O)NO)cc1. The number of aromatic nitrogens is 1. The number of para-hydroxylation sites is 1. The molecular formula is C25H28N4O4. The summed E-state index contributed by atoms with van der Waals surface area (Å²) in [6, 6.07) is 13.7. The summed E-state index contributed by atoms with van der Waals surface area (Å²) in [4.78, 5) is 40.1. The lowest BCUT2D eigenvalue weighted by molar-refractivity contribution is -0.124. The summed E-state index contributed by atoms with van der Waals surface area (Å²) in [5, 5.41) is 15.3. The number of nitrogens with one attached hydrogen (secondary N) is 4. The van der Waals surface area contributed by atoms with E-state index in [4.69, 9.17) is 5.21 Å². The number of hydrogen-bond donors (Lipinski definition) is 5. The van der Waals surface area contributed by atoms with Crippen molar-refractivity contribution in [2.45, 2.75) is 32.2 Å². The number of carbonyl (C=O) groups excluding carboxylic acids is 3. The minimum absolute atomic E-state index is 0.225. The zero-order chi connectivity index (χ0) is 23.6. The highest BCUT2D eigenvalue weighted by Crippen LogP contribution is 2.19. The number of H-pyrrole nitrogens is 1. The second kappa shape index (κ2) is 11.6. The van der Waals surface area contributed by atoms with Crippen molar-refractivity contribution in [2.75, 3.05) is 6.54 Å². The summed E-state index contributed by atoms with van der Waals surface area (Å²) in [7, 11) is 0. The molecule has 0 aliphatic carbocycles. The summed E-state index contributed by atoms with van der Waals surface area (Å²) in [5.74, 6) is -1.24. The Morgan fingerprint density at radius 1 is 1.09 bits per heavy atom. The summed E-state index contributed by atoms with van der Waals surface area (Å²) >= 11 is 0. The van der Waals surface area contributed by atoms with E-state index >= 15 is 0 Å². The maximum Gasteiger partial charge on any atom is 0.267 e. The fourth-order valence-electron chi connectivity index (χ4n) is 3.44. The van der Waals surface area contributed by atoms with E-state index in [0.717, 1.165) is 29.3 Å². The standard InChI is InChI=1S/C25H28N4O4/c1-2-3-14-26-25(32)22(15-19-16-27-21-7-5-4-6-20(19)21)28-24(31)18-11-8-17(9-12-18)10-13-23(30)29-33/h4-13,16,22,27,33H,2-3,14-15H2,1H3,(H,26,32)(H,28,31)(H,29,30)/b13-10+. The van der Waals surface area contributed by atoms with Crippen LogP contribution in [0.1, 0.15) is 41.3 Å². The number of carbonyl (C=O) groups is 3. The van der Waals surface area contributed by atoms with Crippen LogP contribution in [0.4, 0.5) is 0 Å². The van der Waals surface area contributed by atoms with Gasteiger partial charge in [-0.3, -0.25) is 19.6 Å². The molecule has 33 heavy (non-hydrogen) atoms. The fraction of sp³-hybridized carbons (Fsp3) is 0.240. The van der Waals surface area contributed by atoms with E-state index in [2.05, 4.69) is 15.6 Å². The zero-order valence-electron chi connectivity index (χ0n) is 18.4. The molecule has 0 saturated carbocycles. The molecule has 1 atom stereocenters. The van der Waals surface area contributed by atoms with E-state index < -0.39 is 11.9 Å². The van der Waals surface area contributed by atoms with Crippen molar-refractivity contribution < 1.29 is 19.6 Å². The van der Waals surface area contributed by atoms with Crippen molar-refractivity contribution in [1.82, 2.24) is 21.1 Å². The van der Waals surface area contributed by atoms with Gasteiger partial charge >= 0.3 is 0 Å². The number of rotatable bonds is 10. The van der Waals surface area contributed by atoms with Gasteiger partial charge in [0.25, 0.3) is 11.8 Å². The molecule has 3 rings (SSSR count). The molecule has 5 N–H and O–H groups in total. The average molecular weight is 449 g/mol. The van der Waals surface area contributed by atoms with Gasteiger partial charge in [-0.2, -0.15) is 0 Å². The summed E-state index contributed by atoms with van der Waals surface area (Å²) in [5.41, 5.74) is 4.51. The van der Waals surface area contributed by atoms with E-state index in [1.807, 2.05) is 37.4 Å². The monoisotopic (exact) mass is 448 g/mol. The quantitative estimate of drug-likeness (QED) is 0.142. The Morgan fingerprint density at radius 3 is 2.58 bits per heavy atom. The van der Waals surface area contributed by atoms with Crippen molar-refractivity contribution in [3.63, 3.8) is 0 Å². The number of aromatic amines is 1. The van der Waals surface area contributed by atoms with E-state index in [1.165, 1.54) is 17.6 Å². The molecule has 3 aromatic rings. The van der Waals surface area contributed by atoms with Crippen molar-refractivity contribution in [3.8, 4) is 0 Å². The van der Waals surface area contributed by atoms with Crippen LogP contribution in [0.15, 0.2) is 60.8 Å². The molecule has 0 radical (unpaired) electrons. The van der Waals surface area contributed by atoms with Gasteiger partial charge in [0.1, 0.15) is 6.04 Å². The predicted octanol–water partition coefficient (Wildman–Crippen LogP) is 2.94. The Morgan fingerprint density at radius 2 is 1.85 bits per heavy atom. The number of benzene rings is 2. The molecule has 0 spiro atoms. The van der Waals surface area contributed by atoms with E-state index in [9.17, 15) is 14.4 Å². The lowest BCUT2D eigenvalue weighted by atomic mass is 10.0. The van der Waals surface area contributed by atoms with Gasteiger partial charge < -0.3 is 15.6 Å². The predicted molar refractivity (Wildman–Crippen MR) is 127 cm³/mol. The molecule has 2 aromatic carbocycles. The van der Waals surface area contributed by atoms with Crippen LogP contribution >= 0.6 is 0 Å². The van der Waals surface area contributed by atoms with Crippen molar-refractivity contribution in [1.29, 1.82) is 0 Å². The number of amides is 3. The van der Waals surface area contributed by atoms with E-state index in [-0.39, 0.29) is 11.8 Å². The molecule has 0 bridgehead atoms. The molecule has 0 saturated heterocycles. The van der Waals surface area contributed by atoms with Crippen LogP contribution in [0, 0.1) is 0 Å². The van der Waals surface area contributed by atoms with Crippen molar-refractivity contribution >= 4 is 34.7 Å². The highest BCUT2D eigenvalue weighted by atomic mass is 16.5. The second-order valence-corrected chi connectivity index (χ2v) is 7.67. The van der Waals surface area contributed by atoms with Crippen LogP contribution in [-0.2, 0) is 16.0 Å². The van der Waals surface area contributed by atoms with Gasteiger partial charge in [0.2, 0.25) is 5.91 Å². The van der Waals surface area contributed by atoms with Gasteiger partial charge in [0.05, 0.1) is 0 Å². The Kier molecular flexibility index (Phi) is 8.37. The summed E-state index contributed by atoms with van der Waals surface area (Å²) < 4.78 is 0. The van der Waals surface area contributed by atoms with Crippen LogP contribution in [0.3, 0.4) is 0 Å². The first-order chi connectivity index (χ1) is 16.0. The minimum atomic E-state index is -0.735. The maximum atomic E-state index is 12.9. The number of hydroxylamine groups is 1. The lowest BCUT2D eigenvalue weighted by Gasteiger charge is -2.18. The van der Waals surface area contributed by atoms with Gasteiger partial charge in [-0.05, 0) is 41.8 Å². The fourth-order valence-corrected chi connectivity index (χ4v) is 3.44. The molecule has 1 unspecified atom stereocenters. The number of hydrogen-bond acceptors (Lipinski definition) is 4. The largest absolute Gasteiger partial charge is 0.361 e. The molecule has 8 heteroatoms. The van der Waals surface area contributed by atoms with Crippen LogP contribution in [0.25, 0.3) is 17.0 Å². The minimum Gasteiger partial charge on any atom is -0.361 e. The molecular weight excluding hydrogens is 420 g/mol. The van der Waals surface area contributed by atoms with Crippen molar-refractivity contribution in [2.24, 2.45) is 0 Å². The van der Waals surface area contributed by atoms with Crippen LogP contribution in [0.5, 0.6) is 0 Å². The van der Waals surface area contributed by atoms with Gasteiger partial charge in [-0.25, -0.2) is 5.48 Å². The number of fused-ring (bicyclic) bond motifs is 1. The Hall–Kier alpha value is -3.91. The molecule has 0 aliphatic rings. The smallest absolute Gasteiger partial charge is 0.267 e. The van der Waals surface area contributed by atoms with Crippen LogP contribution < -0.4 is 16.1 Å². The zero-order valence-corrected chi connectivity index (χ0v) is 18.4. The first-order valence-electron chi connectivity index (χ1n) is 10.9. The Labute approximate surface area is 192 Å². The highest BCUT2D eigenvalue weighted by Gasteiger charge is 2.23. The molecule has 0 fully saturated rings.